The van der Waals surface area contributed by atoms with Gasteiger partial charge in [-0.3, -0.25) is 0 Å². The summed E-state index contributed by atoms with van der Waals surface area (Å²) in [5.74, 6) is 0. The zero-order valence-electron chi connectivity index (χ0n) is 26.5. The molecule has 49 heavy (non-hydrogen) atoms. The Kier molecular flexibility index (Phi) is 6.39. The van der Waals surface area contributed by atoms with E-state index in [2.05, 4.69) is 181 Å². The van der Waals surface area contributed by atoms with E-state index in [1.807, 2.05) is 11.3 Å². The van der Waals surface area contributed by atoms with Gasteiger partial charge in [-0.25, -0.2) is 0 Å². The molecule has 2 aromatic heterocycles. The molecule has 3 heteroatoms. The normalized spacial score (nSPS) is 11.7. The highest BCUT2D eigenvalue weighted by molar-refractivity contribution is 7.26. The molecule has 2 heterocycles. The number of fused-ring (bicyclic) bond motifs is 8. The third kappa shape index (κ3) is 4.55. The average Bonchev–Trinajstić information content (AvgIpc) is 3.75. The Morgan fingerprint density at radius 1 is 0.408 bits per heavy atom. The van der Waals surface area contributed by atoms with E-state index in [0.717, 1.165) is 55.5 Å². The van der Waals surface area contributed by atoms with Gasteiger partial charge in [0.05, 0.1) is 10.4 Å². The van der Waals surface area contributed by atoms with E-state index in [1.165, 1.54) is 36.7 Å². The first-order valence-corrected chi connectivity index (χ1v) is 17.4. The lowest BCUT2D eigenvalue weighted by atomic mass is 9.99. The van der Waals surface area contributed by atoms with Crippen molar-refractivity contribution >= 4 is 81.3 Å². The molecular weight excluding hydrogens is 615 g/mol. The highest BCUT2D eigenvalue weighted by atomic mass is 32.1. The van der Waals surface area contributed by atoms with E-state index in [9.17, 15) is 0 Å². The first-order valence-electron chi connectivity index (χ1n) is 16.6. The Morgan fingerprint density at radius 2 is 1.08 bits per heavy atom. The highest BCUT2D eigenvalue weighted by Gasteiger charge is 2.22. The molecule has 0 aliphatic heterocycles. The summed E-state index contributed by atoms with van der Waals surface area (Å²) >= 11 is 1.86. The molecule has 10 aromatic rings. The highest BCUT2D eigenvalue weighted by Crippen LogP contribution is 2.48. The summed E-state index contributed by atoms with van der Waals surface area (Å²) in [5.41, 5.74) is 9.76. The van der Waals surface area contributed by atoms with Crippen LogP contribution in [0.3, 0.4) is 0 Å². The number of thiophene rings is 1. The molecule has 230 valence electrons. The van der Waals surface area contributed by atoms with Gasteiger partial charge in [-0.1, -0.05) is 133 Å². The molecule has 10 rings (SSSR count). The lowest BCUT2D eigenvalue weighted by Crippen LogP contribution is -2.10. The number of nitrogens with zero attached hydrogens (tertiary/aromatic N) is 1. The summed E-state index contributed by atoms with van der Waals surface area (Å²) < 4.78 is 9.41. The molecule has 0 atom stereocenters. The van der Waals surface area contributed by atoms with Crippen molar-refractivity contribution < 1.29 is 4.42 Å². The molecule has 2 nitrogen and oxygen atoms in total. The van der Waals surface area contributed by atoms with Gasteiger partial charge in [0.15, 0.2) is 0 Å². The van der Waals surface area contributed by atoms with Gasteiger partial charge in [-0.15, -0.1) is 11.3 Å². The van der Waals surface area contributed by atoms with Crippen LogP contribution in [0.1, 0.15) is 0 Å². The number of benzene rings is 8. The quantitative estimate of drug-likeness (QED) is 0.186. The second kappa shape index (κ2) is 11.2. The molecular formula is C46H29NOS. The monoisotopic (exact) mass is 643 g/mol. The summed E-state index contributed by atoms with van der Waals surface area (Å²) in [7, 11) is 0. The molecule has 0 saturated heterocycles. The fraction of sp³-hybridized carbons (Fsp3) is 0. The number of anilines is 3. The predicted molar refractivity (Wildman–Crippen MR) is 210 cm³/mol. The minimum Gasteiger partial charge on any atom is -0.455 e. The van der Waals surface area contributed by atoms with Gasteiger partial charge >= 0.3 is 0 Å². The van der Waals surface area contributed by atoms with Crippen LogP contribution in [-0.2, 0) is 0 Å². The van der Waals surface area contributed by atoms with E-state index < -0.39 is 0 Å². The molecule has 0 N–H and O–H groups in total. The number of rotatable bonds is 5. The van der Waals surface area contributed by atoms with E-state index in [1.54, 1.807) is 0 Å². The minimum absolute atomic E-state index is 0.903. The summed E-state index contributed by atoms with van der Waals surface area (Å²) in [4.78, 5) is 2.43. The summed E-state index contributed by atoms with van der Waals surface area (Å²) in [6.07, 6.45) is 0. The lowest BCUT2D eigenvalue weighted by molar-refractivity contribution is 0.674. The summed E-state index contributed by atoms with van der Waals surface area (Å²) in [6.45, 7) is 0. The summed E-state index contributed by atoms with van der Waals surface area (Å²) in [6, 6.07) is 63.1. The van der Waals surface area contributed by atoms with Crippen LogP contribution in [0.15, 0.2) is 180 Å². The SMILES string of the molecule is c1ccc(-c2ccc(N(c3cc(-c4ccccc4)c4oc5c6ccccc6ccc5c4c3)c3cccc4c3sc3ccccc34)cc2)cc1. The zero-order valence-corrected chi connectivity index (χ0v) is 27.3. The smallest absolute Gasteiger partial charge is 0.143 e. The standard InChI is InChI=1S/C46H29NOS/c1-3-12-30(13-4-1)31-22-25-34(26-23-31)47(42-20-11-19-39-37-18-9-10-21-43(37)49-46(39)42)35-28-40(32-14-5-2-6-15-32)45-41(29-35)38-27-24-33-16-7-8-17-36(33)44(38)48-45/h1-29H. The maximum Gasteiger partial charge on any atom is 0.143 e. The molecule has 0 unspecified atom stereocenters. The molecule has 0 saturated carbocycles. The van der Waals surface area contributed by atoms with Crippen LogP contribution in [0.5, 0.6) is 0 Å². The van der Waals surface area contributed by atoms with Gasteiger partial charge in [0.2, 0.25) is 0 Å². The second-order valence-corrected chi connectivity index (χ2v) is 13.6. The van der Waals surface area contributed by atoms with Gasteiger partial charge in [-0.2, -0.15) is 0 Å². The van der Waals surface area contributed by atoms with Crippen LogP contribution < -0.4 is 4.90 Å². The average molecular weight is 644 g/mol. The van der Waals surface area contributed by atoms with E-state index >= 15 is 0 Å². The van der Waals surface area contributed by atoms with Crippen molar-refractivity contribution in [2.45, 2.75) is 0 Å². The van der Waals surface area contributed by atoms with Crippen LogP contribution in [0, 0.1) is 0 Å². The van der Waals surface area contributed by atoms with Crippen LogP contribution in [0.4, 0.5) is 17.1 Å². The minimum atomic E-state index is 0.903. The van der Waals surface area contributed by atoms with Crippen molar-refractivity contribution in [3.63, 3.8) is 0 Å². The van der Waals surface area contributed by atoms with Crippen molar-refractivity contribution in [3.8, 4) is 22.3 Å². The van der Waals surface area contributed by atoms with Gasteiger partial charge in [-0.05, 0) is 64.5 Å². The Bertz CT molecular complexity index is 2810. The first-order chi connectivity index (χ1) is 24.3. The molecule has 0 spiro atoms. The van der Waals surface area contributed by atoms with Crippen LogP contribution >= 0.6 is 11.3 Å². The molecule has 0 bridgehead atoms. The molecule has 0 aliphatic rings. The lowest BCUT2D eigenvalue weighted by Gasteiger charge is -2.27. The maximum absolute atomic E-state index is 6.86. The molecule has 0 radical (unpaired) electrons. The molecule has 0 amide bonds. The van der Waals surface area contributed by atoms with Gasteiger partial charge in [0.25, 0.3) is 0 Å². The van der Waals surface area contributed by atoms with Gasteiger partial charge < -0.3 is 9.32 Å². The van der Waals surface area contributed by atoms with Crippen molar-refractivity contribution in [2.75, 3.05) is 4.90 Å². The first kappa shape index (κ1) is 27.9. The Morgan fingerprint density at radius 3 is 1.90 bits per heavy atom. The van der Waals surface area contributed by atoms with Crippen molar-refractivity contribution in [3.05, 3.63) is 176 Å². The van der Waals surface area contributed by atoms with Crippen molar-refractivity contribution in [2.24, 2.45) is 0 Å². The molecule has 0 fully saturated rings. The Hall–Kier alpha value is -6.16. The number of furan rings is 1. The second-order valence-electron chi connectivity index (χ2n) is 12.5. The van der Waals surface area contributed by atoms with Crippen LogP contribution in [-0.4, -0.2) is 0 Å². The van der Waals surface area contributed by atoms with E-state index in [0.29, 0.717) is 0 Å². The zero-order chi connectivity index (χ0) is 32.3. The Labute approximate surface area is 287 Å². The number of hydrogen-bond acceptors (Lipinski definition) is 3. The third-order valence-corrected chi connectivity index (χ3v) is 10.9. The largest absolute Gasteiger partial charge is 0.455 e. The predicted octanol–water partition coefficient (Wildman–Crippen LogP) is 13.9. The summed E-state index contributed by atoms with van der Waals surface area (Å²) in [5, 5.41) is 7.08. The fourth-order valence-electron chi connectivity index (χ4n) is 7.32. The molecule has 8 aromatic carbocycles. The van der Waals surface area contributed by atoms with Crippen LogP contribution in [0.25, 0.3) is 75.1 Å². The van der Waals surface area contributed by atoms with E-state index in [-0.39, 0.29) is 0 Å². The fourth-order valence-corrected chi connectivity index (χ4v) is 8.53. The van der Waals surface area contributed by atoms with Crippen molar-refractivity contribution in [1.82, 2.24) is 0 Å². The van der Waals surface area contributed by atoms with Crippen molar-refractivity contribution in [1.29, 1.82) is 0 Å². The molecule has 0 aliphatic carbocycles. The van der Waals surface area contributed by atoms with E-state index in [4.69, 9.17) is 4.42 Å². The van der Waals surface area contributed by atoms with Gasteiger partial charge in [0, 0.05) is 48.6 Å². The maximum atomic E-state index is 6.86. The number of hydrogen-bond donors (Lipinski definition) is 0. The topological polar surface area (TPSA) is 16.4 Å². The van der Waals surface area contributed by atoms with Gasteiger partial charge in [0.1, 0.15) is 11.2 Å². The third-order valence-electron chi connectivity index (χ3n) is 9.65. The van der Waals surface area contributed by atoms with Crippen LogP contribution in [0.2, 0.25) is 0 Å². The Balaban J connectivity index is 1.28.